The molecule has 1 aromatic heterocycles. The number of anilines is 2. The van der Waals surface area contributed by atoms with E-state index in [1.165, 1.54) is 0 Å². The first kappa shape index (κ1) is 22.2. The smallest absolute Gasteiger partial charge is 0.276 e. The Morgan fingerprint density at radius 3 is 2.82 bits per heavy atom. The summed E-state index contributed by atoms with van der Waals surface area (Å²) in [4.78, 5) is 12.5. The fraction of sp³-hybridized carbons (Fsp3) is 0.444. The fourth-order valence-electron chi connectivity index (χ4n) is 3.08. The van der Waals surface area contributed by atoms with Crippen molar-refractivity contribution in [3.63, 3.8) is 0 Å². The SMILES string of the molecule is CCCS(=O)(=O)Nc1cccc(NC(=O)c2ccn(C3CCCNC3)n2)c1.Cl. The summed E-state index contributed by atoms with van der Waals surface area (Å²) in [6, 6.07) is 8.58. The minimum Gasteiger partial charge on any atom is -0.321 e. The number of carbonyl (C=O) groups is 1. The van der Waals surface area contributed by atoms with E-state index in [0.29, 0.717) is 23.5 Å². The Balaban J connectivity index is 0.00000280. The molecule has 0 radical (unpaired) electrons. The number of rotatable bonds is 7. The number of amides is 1. The molecule has 1 fully saturated rings. The molecule has 10 heteroatoms. The molecule has 0 spiro atoms. The number of hydrogen-bond acceptors (Lipinski definition) is 5. The number of carbonyl (C=O) groups excluding carboxylic acids is 1. The first-order valence-electron chi connectivity index (χ1n) is 9.14. The van der Waals surface area contributed by atoms with E-state index in [1.54, 1.807) is 37.3 Å². The van der Waals surface area contributed by atoms with Crippen molar-refractivity contribution in [1.82, 2.24) is 15.1 Å². The predicted octanol–water partition coefficient (Wildman–Crippen LogP) is 2.63. The van der Waals surface area contributed by atoms with Crippen molar-refractivity contribution in [2.24, 2.45) is 0 Å². The number of benzene rings is 1. The molecular weight excluding hydrogens is 402 g/mol. The van der Waals surface area contributed by atoms with Crippen LogP contribution in [0.4, 0.5) is 11.4 Å². The van der Waals surface area contributed by atoms with Crippen LogP contribution in [-0.4, -0.2) is 42.9 Å². The Morgan fingerprint density at radius 1 is 1.32 bits per heavy atom. The summed E-state index contributed by atoms with van der Waals surface area (Å²) in [5.41, 5.74) is 1.25. The summed E-state index contributed by atoms with van der Waals surface area (Å²) in [6.45, 7) is 3.67. The zero-order valence-corrected chi connectivity index (χ0v) is 17.4. The minimum absolute atomic E-state index is 0. The lowest BCUT2D eigenvalue weighted by Gasteiger charge is -2.22. The van der Waals surface area contributed by atoms with Gasteiger partial charge in [-0.1, -0.05) is 13.0 Å². The van der Waals surface area contributed by atoms with Crippen LogP contribution in [0.15, 0.2) is 36.5 Å². The highest BCUT2D eigenvalue weighted by atomic mass is 35.5. The van der Waals surface area contributed by atoms with Gasteiger partial charge in [0, 0.05) is 18.4 Å². The second kappa shape index (κ2) is 9.90. The van der Waals surface area contributed by atoms with Crippen LogP contribution in [0.2, 0.25) is 0 Å². The van der Waals surface area contributed by atoms with Gasteiger partial charge in [-0.25, -0.2) is 8.42 Å². The highest BCUT2D eigenvalue weighted by molar-refractivity contribution is 7.92. The molecule has 2 heterocycles. The molecule has 0 aliphatic carbocycles. The molecule has 1 aliphatic heterocycles. The van der Waals surface area contributed by atoms with E-state index in [0.717, 1.165) is 25.9 Å². The lowest BCUT2D eigenvalue weighted by molar-refractivity contribution is 0.102. The maximum atomic E-state index is 12.5. The molecule has 0 saturated carbocycles. The normalized spacial score (nSPS) is 16.8. The van der Waals surface area contributed by atoms with E-state index in [-0.39, 0.29) is 30.1 Å². The molecule has 1 aromatic carbocycles. The Bertz CT molecular complexity index is 894. The van der Waals surface area contributed by atoms with Crippen molar-refractivity contribution in [2.75, 3.05) is 28.9 Å². The van der Waals surface area contributed by atoms with Gasteiger partial charge in [0.05, 0.1) is 17.5 Å². The number of nitrogens with one attached hydrogen (secondary N) is 3. The largest absolute Gasteiger partial charge is 0.321 e. The highest BCUT2D eigenvalue weighted by Gasteiger charge is 2.18. The van der Waals surface area contributed by atoms with Gasteiger partial charge in [-0.15, -0.1) is 12.4 Å². The molecule has 0 bridgehead atoms. The van der Waals surface area contributed by atoms with Gasteiger partial charge in [0.1, 0.15) is 0 Å². The third kappa shape index (κ3) is 5.95. The van der Waals surface area contributed by atoms with E-state index in [2.05, 4.69) is 20.5 Å². The van der Waals surface area contributed by atoms with Crippen LogP contribution in [0.5, 0.6) is 0 Å². The van der Waals surface area contributed by atoms with Crippen LogP contribution in [0.3, 0.4) is 0 Å². The third-order valence-electron chi connectivity index (χ3n) is 4.35. The molecule has 1 amide bonds. The van der Waals surface area contributed by atoms with E-state index in [9.17, 15) is 13.2 Å². The average molecular weight is 428 g/mol. The van der Waals surface area contributed by atoms with Crippen LogP contribution in [0.1, 0.15) is 42.7 Å². The lowest BCUT2D eigenvalue weighted by atomic mass is 10.1. The topological polar surface area (TPSA) is 105 Å². The van der Waals surface area contributed by atoms with Crippen molar-refractivity contribution < 1.29 is 13.2 Å². The molecule has 3 N–H and O–H groups in total. The van der Waals surface area contributed by atoms with E-state index in [1.807, 2.05) is 10.9 Å². The monoisotopic (exact) mass is 427 g/mol. The standard InChI is InChI=1S/C18H25N5O3S.ClH/c1-2-11-27(25,26)22-15-6-3-5-14(12-15)20-18(24)17-8-10-23(21-17)16-7-4-9-19-13-16;/h3,5-6,8,10,12,16,19,22H,2,4,7,9,11,13H2,1H3,(H,20,24);1H. The van der Waals surface area contributed by atoms with Gasteiger partial charge in [0.2, 0.25) is 10.0 Å². The molecule has 1 aliphatic rings. The Labute approximate surface area is 171 Å². The zero-order valence-electron chi connectivity index (χ0n) is 15.7. The van der Waals surface area contributed by atoms with Crippen LogP contribution in [-0.2, 0) is 10.0 Å². The van der Waals surface area contributed by atoms with Crippen LogP contribution in [0.25, 0.3) is 0 Å². The number of hydrogen-bond donors (Lipinski definition) is 3. The first-order chi connectivity index (χ1) is 13.0. The number of sulfonamides is 1. The van der Waals surface area contributed by atoms with Crippen molar-refractivity contribution in [1.29, 1.82) is 0 Å². The summed E-state index contributed by atoms with van der Waals surface area (Å²) in [6.07, 6.45) is 4.48. The van der Waals surface area contributed by atoms with E-state index >= 15 is 0 Å². The first-order valence-corrected chi connectivity index (χ1v) is 10.8. The summed E-state index contributed by atoms with van der Waals surface area (Å²) in [5.74, 6) is -0.275. The van der Waals surface area contributed by atoms with Crippen molar-refractivity contribution >= 4 is 39.7 Å². The van der Waals surface area contributed by atoms with Gasteiger partial charge < -0.3 is 10.6 Å². The van der Waals surface area contributed by atoms with Crippen LogP contribution >= 0.6 is 12.4 Å². The number of halogens is 1. The maximum Gasteiger partial charge on any atom is 0.276 e. The molecule has 1 saturated heterocycles. The molecular formula is C18H26ClN5O3S. The van der Waals surface area contributed by atoms with Gasteiger partial charge in [-0.3, -0.25) is 14.2 Å². The molecule has 8 nitrogen and oxygen atoms in total. The molecule has 1 atom stereocenters. The second-order valence-electron chi connectivity index (χ2n) is 6.64. The summed E-state index contributed by atoms with van der Waals surface area (Å²) in [5, 5.41) is 10.5. The van der Waals surface area contributed by atoms with Gasteiger partial charge in [-0.2, -0.15) is 5.10 Å². The zero-order chi connectivity index (χ0) is 19.3. The molecule has 1 unspecified atom stereocenters. The Morgan fingerprint density at radius 2 is 2.11 bits per heavy atom. The lowest BCUT2D eigenvalue weighted by Crippen LogP contribution is -2.32. The summed E-state index contributed by atoms with van der Waals surface area (Å²) < 4.78 is 28.1. The Kier molecular flexibility index (Phi) is 7.85. The Hall–Kier alpha value is -2.10. The fourth-order valence-corrected chi connectivity index (χ4v) is 4.20. The molecule has 154 valence electrons. The number of aromatic nitrogens is 2. The molecule has 2 aromatic rings. The summed E-state index contributed by atoms with van der Waals surface area (Å²) in [7, 11) is -3.38. The number of nitrogens with zero attached hydrogens (tertiary/aromatic N) is 2. The quantitative estimate of drug-likeness (QED) is 0.630. The third-order valence-corrected chi connectivity index (χ3v) is 5.85. The van der Waals surface area contributed by atoms with Crippen molar-refractivity contribution in [2.45, 2.75) is 32.2 Å². The maximum absolute atomic E-state index is 12.5. The van der Waals surface area contributed by atoms with Crippen molar-refractivity contribution in [3.8, 4) is 0 Å². The predicted molar refractivity (Wildman–Crippen MR) is 113 cm³/mol. The van der Waals surface area contributed by atoms with Gasteiger partial charge in [0.25, 0.3) is 5.91 Å². The molecule has 28 heavy (non-hydrogen) atoms. The summed E-state index contributed by atoms with van der Waals surface area (Å²) >= 11 is 0. The van der Waals surface area contributed by atoms with Gasteiger partial charge >= 0.3 is 0 Å². The van der Waals surface area contributed by atoms with Crippen LogP contribution < -0.4 is 15.4 Å². The highest BCUT2D eigenvalue weighted by Crippen LogP contribution is 2.19. The van der Waals surface area contributed by atoms with E-state index in [4.69, 9.17) is 0 Å². The second-order valence-corrected chi connectivity index (χ2v) is 8.48. The van der Waals surface area contributed by atoms with E-state index < -0.39 is 10.0 Å². The minimum atomic E-state index is -3.38. The average Bonchev–Trinajstić information content (AvgIpc) is 3.12. The molecule has 3 rings (SSSR count). The van der Waals surface area contributed by atoms with Gasteiger partial charge in [-0.05, 0) is 50.1 Å². The van der Waals surface area contributed by atoms with Gasteiger partial charge in [0.15, 0.2) is 5.69 Å². The van der Waals surface area contributed by atoms with Crippen molar-refractivity contribution in [3.05, 3.63) is 42.2 Å². The van der Waals surface area contributed by atoms with Crippen LogP contribution in [0, 0.1) is 0 Å². The number of piperidine rings is 1.